The van der Waals surface area contributed by atoms with Gasteiger partial charge in [-0.05, 0) is 30.3 Å². The van der Waals surface area contributed by atoms with Crippen LogP contribution in [0.5, 0.6) is 0 Å². The van der Waals surface area contributed by atoms with Gasteiger partial charge in [0.1, 0.15) is 0 Å². The van der Waals surface area contributed by atoms with E-state index in [0.717, 1.165) is 33.8 Å². The van der Waals surface area contributed by atoms with Crippen LogP contribution in [0.15, 0.2) is 66.7 Å². The Kier molecular flexibility index (Phi) is 5.13. The predicted molar refractivity (Wildman–Crippen MR) is 128 cm³/mol. The van der Waals surface area contributed by atoms with E-state index in [1.807, 2.05) is 66.6 Å². The van der Waals surface area contributed by atoms with Crippen LogP contribution < -0.4 is 14.7 Å². The molecule has 0 aromatic heterocycles. The summed E-state index contributed by atoms with van der Waals surface area (Å²) in [5.74, 6) is -0.298. The van der Waals surface area contributed by atoms with Crippen molar-refractivity contribution in [1.82, 2.24) is 0 Å². The zero-order chi connectivity index (χ0) is 22.3. The van der Waals surface area contributed by atoms with E-state index in [1.165, 1.54) is 0 Å². The Labute approximate surface area is 184 Å². The van der Waals surface area contributed by atoms with E-state index in [9.17, 15) is 4.79 Å². The number of hydrogen-bond acceptors (Lipinski definition) is 5. The first-order chi connectivity index (χ1) is 14.8. The molecule has 31 heavy (non-hydrogen) atoms. The molecule has 0 bridgehead atoms. The van der Waals surface area contributed by atoms with Gasteiger partial charge in [0.05, 0.1) is 5.56 Å². The average Bonchev–Trinajstić information content (AvgIpc) is 3.07. The van der Waals surface area contributed by atoms with Crippen molar-refractivity contribution in [3.8, 4) is 0 Å². The molecule has 4 rings (SSSR count). The van der Waals surface area contributed by atoms with Crippen LogP contribution >= 0.6 is 0 Å². The molecule has 1 atom stereocenters. The van der Waals surface area contributed by atoms with Crippen molar-refractivity contribution in [2.45, 2.75) is 5.60 Å². The molecule has 1 heterocycles. The Balaban J connectivity index is 2.03. The molecule has 0 aliphatic carbocycles. The highest BCUT2D eigenvalue weighted by atomic mass is 16.6. The normalized spacial score (nSPS) is 17.2. The van der Waals surface area contributed by atoms with Crippen molar-refractivity contribution in [2.75, 3.05) is 57.0 Å². The molecule has 0 radical (unpaired) electrons. The lowest BCUT2D eigenvalue weighted by atomic mass is 9.78. The summed E-state index contributed by atoms with van der Waals surface area (Å²) in [6.45, 7) is 0. The number of cyclic esters (lactones) is 1. The van der Waals surface area contributed by atoms with Gasteiger partial charge in [-0.3, -0.25) is 0 Å². The van der Waals surface area contributed by atoms with Crippen LogP contribution in [0, 0.1) is 0 Å². The number of fused-ring (bicyclic) bond motifs is 1. The highest BCUT2D eigenvalue weighted by Gasteiger charge is 2.49. The summed E-state index contributed by atoms with van der Waals surface area (Å²) < 4.78 is 6.29. The molecule has 3 aromatic carbocycles. The second-order valence-corrected chi connectivity index (χ2v) is 8.55. The van der Waals surface area contributed by atoms with Gasteiger partial charge in [-0.1, -0.05) is 36.4 Å². The van der Waals surface area contributed by atoms with Gasteiger partial charge in [-0.15, -0.1) is 0 Å². The molecule has 0 spiro atoms. The number of anilines is 3. The maximum atomic E-state index is 13.0. The van der Waals surface area contributed by atoms with E-state index in [0.29, 0.717) is 5.56 Å². The van der Waals surface area contributed by atoms with Crippen molar-refractivity contribution in [3.05, 3.63) is 89.0 Å². The quantitative estimate of drug-likeness (QED) is 0.579. The van der Waals surface area contributed by atoms with Crippen molar-refractivity contribution in [2.24, 2.45) is 0 Å². The van der Waals surface area contributed by atoms with Crippen molar-refractivity contribution >= 4 is 23.0 Å². The number of hydrogen-bond donors (Lipinski definition) is 0. The first-order valence-electron chi connectivity index (χ1n) is 10.4. The smallest absolute Gasteiger partial charge is 0.340 e. The molecule has 1 aliphatic heterocycles. The van der Waals surface area contributed by atoms with Crippen LogP contribution in [0.3, 0.4) is 0 Å². The van der Waals surface area contributed by atoms with E-state index in [-0.39, 0.29) is 5.97 Å². The summed E-state index contributed by atoms with van der Waals surface area (Å²) in [5.41, 5.74) is 5.53. The van der Waals surface area contributed by atoms with Gasteiger partial charge in [0.15, 0.2) is 5.60 Å². The SMILES string of the molecule is CN(C)c1ccc(C2(c3ccc(N(C)C)cc3N(C)C)OC(=O)c3ccccc32)cc1. The molecule has 1 unspecified atom stereocenters. The molecular formula is C26H29N3O2. The van der Waals surface area contributed by atoms with E-state index in [1.54, 1.807) is 0 Å². The summed E-state index contributed by atoms with van der Waals surface area (Å²) in [6, 6.07) is 22.2. The number of carbonyl (C=O) groups is 1. The fraction of sp³-hybridized carbons (Fsp3) is 0.269. The van der Waals surface area contributed by atoms with Crippen LogP contribution in [0.2, 0.25) is 0 Å². The summed E-state index contributed by atoms with van der Waals surface area (Å²) in [4.78, 5) is 19.2. The summed E-state index contributed by atoms with van der Waals surface area (Å²) in [5, 5.41) is 0. The van der Waals surface area contributed by atoms with Crippen molar-refractivity contribution in [1.29, 1.82) is 0 Å². The van der Waals surface area contributed by atoms with E-state index < -0.39 is 5.60 Å². The first-order valence-corrected chi connectivity index (χ1v) is 10.4. The van der Waals surface area contributed by atoms with Crippen molar-refractivity contribution in [3.63, 3.8) is 0 Å². The van der Waals surface area contributed by atoms with Crippen LogP contribution in [0.4, 0.5) is 17.1 Å². The Morgan fingerprint density at radius 3 is 1.90 bits per heavy atom. The lowest BCUT2D eigenvalue weighted by molar-refractivity contribution is 0.0253. The van der Waals surface area contributed by atoms with Gasteiger partial charge in [-0.2, -0.15) is 0 Å². The largest absolute Gasteiger partial charge is 0.440 e. The number of benzene rings is 3. The maximum Gasteiger partial charge on any atom is 0.340 e. The van der Waals surface area contributed by atoms with E-state index >= 15 is 0 Å². The summed E-state index contributed by atoms with van der Waals surface area (Å²) in [7, 11) is 12.1. The molecule has 5 heteroatoms. The Bertz CT molecular complexity index is 1120. The fourth-order valence-electron chi connectivity index (χ4n) is 4.25. The molecular weight excluding hydrogens is 386 g/mol. The van der Waals surface area contributed by atoms with Crippen molar-refractivity contribution < 1.29 is 9.53 Å². The first kappa shape index (κ1) is 20.8. The van der Waals surface area contributed by atoms with Gasteiger partial charge < -0.3 is 19.4 Å². The third-order valence-electron chi connectivity index (χ3n) is 5.92. The number of carbonyl (C=O) groups excluding carboxylic acids is 1. The zero-order valence-electron chi connectivity index (χ0n) is 19.0. The number of ether oxygens (including phenoxy) is 1. The molecule has 1 aliphatic rings. The molecule has 5 nitrogen and oxygen atoms in total. The Hall–Kier alpha value is -3.47. The summed E-state index contributed by atoms with van der Waals surface area (Å²) >= 11 is 0. The third kappa shape index (κ3) is 3.30. The molecule has 0 amide bonds. The van der Waals surface area contributed by atoms with Crippen LogP contribution in [0.25, 0.3) is 0 Å². The molecule has 0 fully saturated rings. The average molecular weight is 416 g/mol. The van der Waals surface area contributed by atoms with Gasteiger partial charge >= 0.3 is 5.97 Å². The van der Waals surface area contributed by atoms with Gasteiger partial charge in [0, 0.05) is 76.0 Å². The van der Waals surface area contributed by atoms with Gasteiger partial charge in [0.2, 0.25) is 0 Å². The predicted octanol–water partition coefficient (Wildman–Crippen LogP) is 4.35. The molecule has 160 valence electrons. The minimum Gasteiger partial charge on any atom is -0.440 e. The Morgan fingerprint density at radius 1 is 0.677 bits per heavy atom. The van der Waals surface area contributed by atoms with Gasteiger partial charge in [-0.25, -0.2) is 4.79 Å². The van der Waals surface area contributed by atoms with Crippen LogP contribution in [0.1, 0.15) is 27.0 Å². The standard InChI is InChI=1S/C26H29N3O2/c1-27(2)19-13-11-18(12-14-19)26(22-10-8-7-9-21(22)25(30)31-26)23-16-15-20(28(3)4)17-24(23)29(5)6/h7-17H,1-6H3. The minimum atomic E-state index is -1.01. The molecule has 0 saturated heterocycles. The summed E-state index contributed by atoms with van der Waals surface area (Å²) in [6.07, 6.45) is 0. The highest BCUT2D eigenvalue weighted by molar-refractivity contribution is 5.97. The lowest BCUT2D eigenvalue weighted by Gasteiger charge is -2.34. The molecule has 3 aromatic rings. The van der Waals surface area contributed by atoms with Gasteiger partial charge in [0.25, 0.3) is 0 Å². The Morgan fingerprint density at radius 2 is 1.29 bits per heavy atom. The fourth-order valence-corrected chi connectivity index (χ4v) is 4.25. The molecule has 0 N–H and O–H groups in total. The number of nitrogens with zero attached hydrogens (tertiary/aromatic N) is 3. The topological polar surface area (TPSA) is 36.0 Å². The second-order valence-electron chi connectivity index (χ2n) is 8.55. The number of esters is 1. The van der Waals surface area contributed by atoms with Crippen LogP contribution in [-0.2, 0) is 10.3 Å². The number of rotatable bonds is 5. The van der Waals surface area contributed by atoms with E-state index in [4.69, 9.17) is 4.74 Å². The highest BCUT2D eigenvalue weighted by Crippen LogP contribution is 2.50. The zero-order valence-corrected chi connectivity index (χ0v) is 19.0. The lowest BCUT2D eigenvalue weighted by Crippen LogP contribution is -2.32. The maximum absolute atomic E-state index is 13.0. The van der Waals surface area contributed by atoms with E-state index in [2.05, 4.69) is 57.2 Å². The third-order valence-corrected chi connectivity index (χ3v) is 5.92. The van der Waals surface area contributed by atoms with Crippen LogP contribution in [-0.4, -0.2) is 48.3 Å². The monoisotopic (exact) mass is 415 g/mol. The molecule has 0 saturated carbocycles. The second kappa shape index (κ2) is 7.65. The minimum absolute atomic E-state index is 0.298.